The molecule has 2 saturated heterocycles. The Morgan fingerprint density at radius 2 is 2.14 bits per heavy atom. The summed E-state index contributed by atoms with van der Waals surface area (Å²) in [6, 6.07) is 2.12. The van der Waals surface area contributed by atoms with E-state index in [-0.39, 0.29) is 24.8 Å². The molecule has 1 aromatic rings. The topological polar surface area (TPSA) is 58.1 Å². The second kappa shape index (κ2) is 5.95. The molecule has 2 aliphatic heterocycles. The minimum Gasteiger partial charge on any atom is -0.319 e. The van der Waals surface area contributed by atoms with Gasteiger partial charge in [0.05, 0.1) is 6.67 Å². The summed E-state index contributed by atoms with van der Waals surface area (Å²) in [6.07, 6.45) is 6.19. The Morgan fingerprint density at radius 1 is 1.43 bits per heavy atom. The molecule has 5 nitrogen and oxygen atoms in total. The quantitative estimate of drug-likeness (QED) is 0.932. The number of halogens is 1. The Hall–Kier alpha value is -1.72. The largest absolute Gasteiger partial charge is 0.323 e. The van der Waals surface area contributed by atoms with Crippen LogP contribution in [0.25, 0.3) is 0 Å². The predicted octanol–water partition coefficient (Wildman–Crippen LogP) is 2.92. The lowest BCUT2D eigenvalue weighted by atomic mass is 9.89. The first-order valence-electron chi connectivity index (χ1n) is 7.62. The van der Waals surface area contributed by atoms with Gasteiger partial charge in [0.15, 0.2) is 0 Å². The zero-order valence-corrected chi connectivity index (χ0v) is 12.3. The molecule has 0 aromatic carbocycles. The zero-order chi connectivity index (χ0) is 14.8. The number of carbonyl (C=O) groups is 1. The maximum atomic E-state index is 12.5. The summed E-state index contributed by atoms with van der Waals surface area (Å²) in [5.74, 6) is 1.60. The van der Waals surface area contributed by atoms with E-state index in [0.717, 1.165) is 25.7 Å². The van der Waals surface area contributed by atoms with Gasteiger partial charge in [-0.15, -0.1) is 0 Å². The maximum absolute atomic E-state index is 12.5. The second-order valence-corrected chi connectivity index (χ2v) is 6.03. The van der Waals surface area contributed by atoms with E-state index in [1.807, 2.05) is 4.90 Å². The van der Waals surface area contributed by atoms with Gasteiger partial charge in [-0.05, 0) is 51.0 Å². The number of alkyl halides is 1. The molecular formula is C15H21FN4O. The normalized spacial score (nSPS) is 27.7. The summed E-state index contributed by atoms with van der Waals surface area (Å²) >= 11 is 0. The van der Waals surface area contributed by atoms with E-state index in [2.05, 4.69) is 15.3 Å². The second-order valence-electron chi connectivity index (χ2n) is 6.03. The van der Waals surface area contributed by atoms with E-state index < -0.39 is 0 Å². The molecule has 3 heterocycles. The highest BCUT2D eigenvalue weighted by Gasteiger charge is 2.43. The van der Waals surface area contributed by atoms with Crippen LogP contribution >= 0.6 is 0 Å². The van der Waals surface area contributed by atoms with Crippen LogP contribution < -0.4 is 5.32 Å². The van der Waals surface area contributed by atoms with E-state index >= 15 is 0 Å². The molecule has 2 amide bonds. The number of piperidine rings is 1. The molecule has 2 bridgehead atoms. The highest BCUT2D eigenvalue weighted by Crippen LogP contribution is 2.40. The Morgan fingerprint density at radius 3 is 2.76 bits per heavy atom. The first kappa shape index (κ1) is 14.2. The summed E-state index contributed by atoms with van der Waals surface area (Å²) < 4.78 is 12.5. The van der Waals surface area contributed by atoms with Gasteiger partial charge < -0.3 is 4.90 Å². The minimum absolute atomic E-state index is 0.0840. The van der Waals surface area contributed by atoms with Gasteiger partial charge in [0, 0.05) is 18.3 Å². The van der Waals surface area contributed by atoms with Crippen LogP contribution in [0.2, 0.25) is 0 Å². The molecule has 1 aromatic heterocycles. The highest BCUT2D eigenvalue weighted by atomic mass is 19.1. The molecular weight excluding hydrogens is 271 g/mol. The van der Waals surface area contributed by atoms with Gasteiger partial charge in [-0.1, -0.05) is 0 Å². The highest BCUT2D eigenvalue weighted by molar-refractivity contribution is 5.89. The molecule has 3 rings (SSSR count). The molecule has 114 valence electrons. The van der Waals surface area contributed by atoms with Crippen LogP contribution in [0.4, 0.5) is 15.0 Å². The van der Waals surface area contributed by atoms with E-state index in [1.54, 1.807) is 19.2 Å². The first-order chi connectivity index (χ1) is 10.2. The van der Waals surface area contributed by atoms with Gasteiger partial charge in [-0.2, -0.15) is 0 Å². The number of aromatic nitrogens is 2. The van der Waals surface area contributed by atoms with Crippen molar-refractivity contribution >= 4 is 11.8 Å². The average molecular weight is 292 g/mol. The van der Waals surface area contributed by atoms with E-state index in [0.29, 0.717) is 24.0 Å². The SMILES string of the molecule is Cc1nccc(NC(=O)N2C3CCC2CC(CCF)C3)n1. The van der Waals surface area contributed by atoms with Crippen LogP contribution in [0.1, 0.15) is 37.9 Å². The number of hydrogen-bond donors (Lipinski definition) is 1. The lowest BCUT2D eigenvalue weighted by molar-refractivity contribution is 0.125. The van der Waals surface area contributed by atoms with Crippen LogP contribution in [0, 0.1) is 12.8 Å². The van der Waals surface area contributed by atoms with E-state index in [1.165, 1.54) is 0 Å². The first-order valence-corrected chi connectivity index (χ1v) is 7.62. The Balaban J connectivity index is 1.66. The monoisotopic (exact) mass is 292 g/mol. The number of carbonyl (C=O) groups excluding carboxylic acids is 1. The Labute approximate surface area is 124 Å². The predicted molar refractivity (Wildman–Crippen MR) is 77.8 cm³/mol. The summed E-state index contributed by atoms with van der Waals surface area (Å²) in [4.78, 5) is 22.7. The van der Waals surface area contributed by atoms with Crippen LogP contribution in [0.3, 0.4) is 0 Å². The molecule has 0 saturated carbocycles. The molecule has 1 N–H and O–H groups in total. The number of rotatable bonds is 3. The fraction of sp³-hybridized carbons (Fsp3) is 0.667. The van der Waals surface area contributed by atoms with Crippen molar-refractivity contribution in [1.82, 2.24) is 14.9 Å². The van der Waals surface area contributed by atoms with Gasteiger partial charge in [0.2, 0.25) is 0 Å². The third-order valence-corrected chi connectivity index (χ3v) is 4.59. The molecule has 6 heteroatoms. The van der Waals surface area contributed by atoms with Crippen molar-refractivity contribution in [2.45, 2.75) is 51.1 Å². The van der Waals surface area contributed by atoms with Crippen molar-refractivity contribution in [2.75, 3.05) is 12.0 Å². The number of amides is 2. The van der Waals surface area contributed by atoms with Crippen LogP contribution in [-0.2, 0) is 0 Å². The van der Waals surface area contributed by atoms with E-state index in [4.69, 9.17) is 0 Å². The summed E-state index contributed by atoms with van der Waals surface area (Å²) in [7, 11) is 0. The van der Waals surface area contributed by atoms with Crippen molar-refractivity contribution in [3.8, 4) is 0 Å². The van der Waals surface area contributed by atoms with Gasteiger partial charge in [0.1, 0.15) is 11.6 Å². The Bertz CT molecular complexity index is 510. The van der Waals surface area contributed by atoms with Crippen molar-refractivity contribution in [3.63, 3.8) is 0 Å². The summed E-state index contributed by atoms with van der Waals surface area (Å²) in [6.45, 7) is 1.54. The van der Waals surface area contributed by atoms with Crippen LogP contribution in [0.5, 0.6) is 0 Å². The number of hydrogen-bond acceptors (Lipinski definition) is 3. The maximum Gasteiger partial charge on any atom is 0.323 e. The zero-order valence-electron chi connectivity index (χ0n) is 12.3. The lowest BCUT2D eigenvalue weighted by Gasteiger charge is -2.38. The fourth-order valence-electron chi connectivity index (χ4n) is 3.71. The van der Waals surface area contributed by atoms with Gasteiger partial charge in [-0.3, -0.25) is 9.71 Å². The van der Waals surface area contributed by atoms with Gasteiger partial charge >= 0.3 is 6.03 Å². The van der Waals surface area contributed by atoms with Crippen molar-refractivity contribution in [2.24, 2.45) is 5.92 Å². The molecule has 0 aliphatic carbocycles. The summed E-state index contributed by atoms with van der Waals surface area (Å²) in [5.41, 5.74) is 0. The number of urea groups is 1. The van der Waals surface area contributed by atoms with Crippen molar-refractivity contribution < 1.29 is 9.18 Å². The van der Waals surface area contributed by atoms with Crippen molar-refractivity contribution in [3.05, 3.63) is 18.1 Å². The number of fused-ring (bicyclic) bond motifs is 2. The fourth-order valence-corrected chi connectivity index (χ4v) is 3.71. The molecule has 21 heavy (non-hydrogen) atoms. The molecule has 2 aliphatic rings. The Kier molecular flexibility index (Phi) is 4.03. The van der Waals surface area contributed by atoms with Crippen molar-refractivity contribution in [1.29, 1.82) is 0 Å². The van der Waals surface area contributed by atoms with Crippen LogP contribution in [0.15, 0.2) is 12.3 Å². The lowest BCUT2D eigenvalue weighted by Crippen LogP contribution is -2.48. The minimum atomic E-state index is -0.253. The van der Waals surface area contributed by atoms with Gasteiger partial charge in [0.25, 0.3) is 0 Å². The molecule has 0 radical (unpaired) electrons. The number of nitrogens with one attached hydrogen (secondary N) is 1. The summed E-state index contributed by atoms with van der Waals surface area (Å²) in [5, 5.41) is 2.86. The number of anilines is 1. The van der Waals surface area contributed by atoms with Crippen LogP contribution in [-0.4, -0.2) is 39.7 Å². The molecule has 2 fully saturated rings. The number of nitrogens with zero attached hydrogens (tertiary/aromatic N) is 3. The molecule has 2 unspecified atom stereocenters. The standard InChI is InChI=1S/C15H21FN4O/c1-10-17-7-5-14(18-10)19-15(21)20-12-2-3-13(20)9-11(8-12)4-6-16/h5,7,11-13H,2-4,6,8-9H2,1H3,(H,17,18,19,21). The average Bonchev–Trinajstić information content (AvgIpc) is 2.71. The van der Waals surface area contributed by atoms with Gasteiger partial charge in [-0.25, -0.2) is 14.8 Å². The van der Waals surface area contributed by atoms with E-state index in [9.17, 15) is 9.18 Å². The smallest absolute Gasteiger partial charge is 0.319 e. The number of aryl methyl sites for hydroxylation is 1. The molecule has 2 atom stereocenters. The molecule has 0 spiro atoms. The third kappa shape index (κ3) is 2.99. The third-order valence-electron chi connectivity index (χ3n) is 4.59.